The Morgan fingerprint density at radius 3 is 2.94 bits per heavy atom. The molecular formula is C11H11N3O3S. The van der Waals surface area contributed by atoms with Crippen LogP contribution in [0.4, 0.5) is 11.4 Å². The standard InChI is InChI=1S/C11H11N3O3S/c1-17-10-5-8(4-9(6-10)14(15)16)13-7-11-12-2-3-18-11/h2-6,13H,7H2,1H3. The first-order valence-corrected chi connectivity index (χ1v) is 6.02. The summed E-state index contributed by atoms with van der Waals surface area (Å²) in [5.74, 6) is 0.450. The van der Waals surface area contributed by atoms with Gasteiger partial charge in [0.25, 0.3) is 5.69 Å². The van der Waals surface area contributed by atoms with E-state index in [1.54, 1.807) is 12.3 Å². The van der Waals surface area contributed by atoms with E-state index in [1.807, 2.05) is 5.38 Å². The van der Waals surface area contributed by atoms with Gasteiger partial charge in [-0.2, -0.15) is 0 Å². The van der Waals surface area contributed by atoms with Crippen molar-refractivity contribution in [1.29, 1.82) is 0 Å². The number of benzene rings is 1. The molecule has 0 amide bonds. The average molecular weight is 265 g/mol. The minimum Gasteiger partial charge on any atom is -0.496 e. The lowest BCUT2D eigenvalue weighted by Gasteiger charge is -2.06. The van der Waals surface area contributed by atoms with Crippen LogP contribution < -0.4 is 10.1 Å². The largest absolute Gasteiger partial charge is 0.496 e. The van der Waals surface area contributed by atoms with Crippen molar-refractivity contribution < 1.29 is 9.66 Å². The number of hydrogen-bond acceptors (Lipinski definition) is 6. The van der Waals surface area contributed by atoms with E-state index >= 15 is 0 Å². The molecule has 0 fully saturated rings. The van der Waals surface area contributed by atoms with Crippen LogP contribution in [0.3, 0.4) is 0 Å². The van der Waals surface area contributed by atoms with Crippen molar-refractivity contribution in [3.8, 4) is 5.75 Å². The Labute approximate surface area is 107 Å². The summed E-state index contributed by atoms with van der Waals surface area (Å²) in [7, 11) is 1.48. The SMILES string of the molecule is COc1cc(NCc2nccs2)cc([N+](=O)[O-])c1. The van der Waals surface area contributed by atoms with Gasteiger partial charge in [-0.05, 0) is 0 Å². The number of nitrogens with one attached hydrogen (secondary N) is 1. The topological polar surface area (TPSA) is 77.3 Å². The van der Waals surface area contributed by atoms with Crippen LogP contribution in [0.2, 0.25) is 0 Å². The molecule has 0 unspecified atom stereocenters. The van der Waals surface area contributed by atoms with Crippen LogP contribution in [0.5, 0.6) is 5.75 Å². The maximum Gasteiger partial charge on any atom is 0.275 e. The van der Waals surface area contributed by atoms with Crippen LogP contribution in [0.15, 0.2) is 29.8 Å². The number of ether oxygens (including phenoxy) is 1. The van der Waals surface area contributed by atoms with Crippen molar-refractivity contribution >= 4 is 22.7 Å². The summed E-state index contributed by atoms with van der Waals surface area (Å²) in [4.78, 5) is 14.4. The maximum absolute atomic E-state index is 10.8. The van der Waals surface area contributed by atoms with Gasteiger partial charge in [0.1, 0.15) is 10.8 Å². The van der Waals surface area contributed by atoms with Gasteiger partial charge in [0.05, 0.1) is 24.6 Å². The van der Waals surface area contributed by atoms with Crippen molar-refractivity contribution in [2.45, 2.75) is 6.54 Å². The Morgan fingerprint density at radius 2 is 2.33 bits per heavy atom. The molecule has 0 bridgehead atoms. The Morgan fingerprint density at radius 1 is 1.50 bits per heavy atom. The van der Waals surface area contributed by atoms with Gasteiger partial charge < -0.3 is 10.1 Å². The third kappa shape index (κ3) is 2.95. The zero-order valence-electron chi connectivity index (χ0n) is 9.62. The van der Waals surface area contributed by atoms with E-state index in [0.717, 1.165) is 5.01 Å². The zero-order valence-corrected chi connectivity index (χ0v) is 10.4. The van der Waals surface area contributed by atoms with Gasteiger partial charge in [0.15, 0.2) is 0 Å². The highest BCUT2D eigenvalue weighted by Crippen LogP contribution is 2.26. The van der Waals surface area contributed by atoms with Gasteiger partial charge in [-0.1, -0.05) is 0 Å². The number of nitrogens with zero attached hydrogens (tertiary/aromatic N) is 2. The Balaban J connectivity index is 2.16. The van der Waals surface area contributed by atoms with E-state index in [1.165, 1.54) is 30.6 Å². The lowest BCUT2D eigenvalue weighted by atomic mass is 10.2. The number of anilines is 1. The first-order chi connectivity index (χ1) is 8.69. The third-order valence-electron chi connectivity index (χ3n) is 2.27. The van der Waals surface area contributed by atoms with Crippen LogP contribution in [0.25, 0.3) is 0 Å². The number of aromatic nitrogens is 1. The summed E-state index contributed by atoms with van der Waals surface area (Å²) in [5.41, 5.74) is 0.632. The van der Waals surface area contributed by atoms with Crippen LogP contribution in [-0.2, 0) is 6.54 Å². The van der Waals surface area contributed by atoms with E-state index in [0.29, 0.717) is 18.0 Å². The fourth-order valence-corrected chi connectivity index (χ4v) is 1.98. The molecule has 0 aliphatic heterocycles. The average Bonchev–Trinajstić information content (AvgIpc) is 2.89. The highest BCUT2D eigenvalue weighted by Gasteiger charge is 2.10. The second kappa shape index (κ2) is 5.46. The van der Waals surface area contributed by atoms with E-state index in [4.69, 9.17) is 4.74 Å². The summed E-state index contributed by atoms with van der Waals surface area (Å²) in [5, 5.41) is 16.6. The zero-order chi connectivity index (χ0) is 13.0. The van der Waals surface area contributed by atoms with E-state index < -0.39 is 4.92 Å². The van der Waals surface area contributed by atoms with Crippen LogP contribution in [0, 0.1) is 10.1 Å². The Kier molecular flexibility index (Phi) is 3.73. The smallest absolute Gasteiger partial charge is 0.275 e. The van der Waals surface area contributed by atoms with Crippen molar-refractivity contribution in [3.63, 3.8) is 0 Å². The van der Waals surface area contributed by atoms with Gasteiger partial charge in [0.2, 0.25) is 0 Å². The molecule has 0 aliphatic carbocycles. The maximum atomic E-state index is 10.8. The van der Waals surface area contributed by atoms with Gasteiger partial charge in [0, 0.05) is 29.4 Å². The summed E-state index contributed by atoms with van der Waals surface area (Å²) in [6, 6.07) is 4.56. The number of methoxy groups -OCH3 is 1. The van der Waals surface area contributed by atoms with Crippen LogP contribution in [0.1, 0.15) is 5.01 Å². The summed E-state index contributed by atoms with van der Waals surface area (Å²) >= 11 is 1.52. The van der Waals surface area contributed by atoms with E-state index in [9.17, 15) is 10.1 Å². The first-order valence-electron chi connectivity index (χ1n) is 5.15. The second-order valence-electron chi connectivity index (χ2n) is 3.46. The molecule has 0 aliphatic rings. The molecule has 1 N–H and O–H groups in total. The molecule has 1 aromatic heterocycles. The predicted octanol–water partition coefficient (Wildman–Crippen LogP) is 2.67. The summed E-state index contributed by atoms with van der Waals surface area (Å²) in [6.45, 7) is 0.530. The molecule has 0 spiro atoms. The Bertz CT molecular complexity index is 542. The minimum atomic E-state index is -0.447. The number of rotatable bonds is 5. The highest BCUT2D eigenvalue weighted by molar-refractivity contribution is 7.09. The second-order valence-corrected chi connectivity index (χ2v) is 4.44. The molecule has 0 radical (unpaired) electrons. The fourth-order valence-electron chi connectivity index (χ4n) is 1.43. The molecule has 0 saturated heterocycles. The lowest BCUT2D eigenvalue weighted by molar-refractivity contribution is -0.384. The number of hydrogen-bond donors (Lipinski definition) is 1. The summed E-state index contributed by atoms with van der Waals surface area (Å²) in [6.07, 6.45) is 1.72. The summed E-state index contributed by atoms with van der Waals surface area (Å²) < 4.78 is 5.03. The normalized spacial score (nSPS) is 10.1. The third-order valence-corrected chi connectivity index (χ3v) is 3.04. The van der Waals surface area contributed by atoms with Gasteiger partial charge in [-0.3, -0.25) is 10.1 Å². The molecule has 2 aromatic rings. The van der Waals surface area contributed by atoms with Gasteiger partial charge in [-0.25, -0.2) is 4.98 Å². The number of nitro benzene ring substituents is 1. The first kappa shape index (κ1) is 12.3. The molecule has 2 rings (SSSR count). The molecule has 6 nitrogen and oxygen atoms in total. The molecule has 1 aromatic carbocycles. The van der Waals surface area contributed by atoms with Crippen molar-refractivity contribution in [2.75, 3.05) is 12.4 Å². The molecular weight excluding hydrogens is 254 g/mol. The minimum absolute atomic E-state index is 0.00371. The predicted molar refractivity (Wildman–Crippen MR) is 69.1 cm³/mol. The lowest BCUT2D eigenvalue weighted by Crippen LogP contribution is -2.00. The van der Waals surface area contributed by atoms with Crippen LogP contribution in [-0.4, -0.2) is 17.0 Å². The fraction of sp³-hybridized carbons (Fsp3) is 0.182. The molecule has 94 valence electrons. The van der Waals surface area contributed by atoms with E-state index in [-0.39, 0.29) is 5.69 Å². The van der Waals surface area contributed by atoms with Crippen molar-refractivity contribution in [3.05, 3.63) is 44.9 Å². The highest BCUT2D eigenvalue weighted by atomic mass is 32.1. The number of nitro groups is 1. The van der Waals surface area contributed by atoms with E-state index in [2.05, 4.69) is 10.3 Å². The van der Waals surface area contributed by atoms with Crippen molar-refractivity contribution in [2.24, 2.45) is 0 Å². The molecule has 0 atom stereocenters. The molecule has 18 heavy (non-hydrogen) atoms. The van der Waals surface area contributed by atoms with Crippen molar-refractivity contribution in [1.82, 2.24) is 4.98 Å². The quantitative estimate of drug-likeness (QED) is 0.664. The monoisotopic (exact) mass is 265 g/mol. The van der Waals surface area contributed by atoms with Gasteiger partial charge >= 0.3 is 0 Å². The molecule has 1 heterocycles. The number of non-ortho nitro benzene ring substituents is 1. The number of thiazole rings is 1. The van der Waals surface area contributed by atoms with Gasteiger partial charge in [-0.15, -0.1) is 11.3 Å². The Hall–Kier alpha value is -2.15. The molecule has 0 saturated carbocycles. The molecule has 7 heteroatoms. The van der Waals surface area contributed by atoms with Crippen LogP contribution >= 0.6 is 11.3 Å².